The number of hydrogen-bond donors (Lipinski definition) is 1. The van der Waals surface area contributed by atoms with Crippen molar-refractivity contribution in [1.29, 1.82) is 0 Å². The number of rotatable bonds is 3. The van der Waals surface area contributed by atoms with Crippen LogP contribution in [0.5, 0.6) is 0 Å². The summed E-state index contributed by atoms with van der Waals surface area (Å²) < 4.78 is 0. The monoisotopic (exact) mass is 285 g/mol. The average molecular weight is 285 g/mol. The van der Waals surface area contributed by atoms with Gasteiger partial charge in [-0.1, -0.05) is 84.9 Å². The van der Waals surface area contributed by atoms with Gasteiger partial charge < -0.3 is 5.73 Å². The number of nitrogens with two attached hydrogens (primary N) is 1. The van der Waals surface area contributed by atoms with Crippen LogP contribution in [0.25, 0.3) is 28.3 Å². The number of hydrogen-bond acceptors (Lipinski definition) is 1. The Bertz CT molecular complexity index is 787. The van der Waals surface area contributed by atoms with E-state index in [0.29, 0.717) is 0 Å². The van der Waals surface area contributed by atoms with Gasteiger partial charge in [0.25, 0.3) is 0 Å². The molecule has 0 amide bonds. The van der Waals surface area contributed by atoms with Crippen LogP contribution in [0.15, 0.2) is 78.9 Å². The molecule has 0 unspecified atom stereocenters. The molecule has 0 aliphatic rings. The molecule has 0 atom stereocenters. The highest BCUT2D eigenvalue weighted by atomic mass is 14.6. The van der Waals surface area contributed by atoms with E-state index < -0.39 is 0 Å². The molecule has 0 aliphatic heterocycles. The van der Waals surface area contributed by atoms with E-state index in [1.54, 1.807) is 0 Å². The number of anilines is 1. The topological polar surface area (TPSA) is 26.0 Å². The predicted octanol–water partition coefficient (Wildman–Crippen LogP) is 5.64. The largest absolute Gasteiger partial charge is 0.398 e. The van der Waals surface area contributed by atoms with Crippen molar-refractivity contribution < 1.29 is 0 Å². The SMILES string of the molecule is C/C=C/c1ccc(-c2ccccc2)c(-c2ccccc2)c1N. The molecule has 108 valence electrons. The second-order valence-electron chi connectivity index (χ2n) is 5.22. The van der Waals surface area contributed by atoms with Crippen LogP contribution < -0.4 is 5.73 Å². The van der Waals surface area contributed by atoms with Crippen molar-refractivity contribution in [3.8, 4) is 22.3 Å². The molecule has 3 rings (SSSR count). The molecule has 0 heterocycles. The quantitative estimate of drug-likeness (QED) is 0.619. The molecule has 1 nitrogen and oxygen atoms in total. The molecule has 0 bridgehead atoms. The second-order valence-corrected chi connectivity index (χ2v) is 5.22. The summed E-state index contributed by atoms with van der Waals surface area (Å²) in [7, 11) is 0. The molecule has 0 saturated heterocycles. The van der Waals surface area contributed by atoms with Gasteiger partial charge >= 0.3 is 0 Å². The summed E-state index contributed by atoms with van der Waals surface area (Å²) in [5.74, 6) is 0. The van der Waals surface area contributed by atoms with E-state index in [-0.39, 0.29) is 0 Å². The van der Waals surface area contributed by atoms with Crippen LogP contribution in [-0.4, -0.2) is 0 Å². The van der Waals surface area contributed by atoms with Gasteiger partial charge in [0.15, 0.2) is 0 Å². The summed E-state index contributed by atoms with van der Waals surface area (Å²) in [6.45, 7) is 2.01. The molecule has 1 heteroatoms. The van der Waals surface area contributed by atoms with Crippen LogP contribution in [0.4, 0.5) is 5.69 Å². The smallest absolute Gasteiger partial charge is 0.0473 e. The fourth-order valence-corrected chi connectivity index (χ4v) is 2.73. The molecule has 0 aliphatic carbocycles. The third kappa shape index (κ3) is 2.66. The molecule has 0 aromatic heterocycles. The molecule has 2 N–H and O–H groups in total. The van der Waals surface area contributed by atoms with Crippen LogP contribution in [-0.2, 0) is 0 Å². The lowest BCUT2D eigenvalue weighted by Gasteiger charge is -2.15. The van der Waals surface area contributed by atoms with E-state index in [9.17, 15) is 0 Å². The van der Waals surface area contributed by atoms with E-state index in [2.05, 4.69) is 54.6 Å². The van der Waals surface area contributed by atoms with Crippen LogP contribution in [0, 0.1) is 0 Å². The van der Waals surface area contributed by atoms with Crippen molar-refractivity contribution in [2.45, 2.75) is 6.92 Å². The summed E-state index contributed by atoms with van der Waals surface area (Å²) in [5, 5.41) is 0. The van der Waals surface area contributed by atoms with Gasteiger partial charge in [-0.05, 0) is 29.2 Å². The Labute approximate surface area is 131 Å². The predicted molar refractivity (Wildman–Crippen MR) is 96.4 cm³/mol. The zero-order valence-electron chi connectivity index (χ0n) is 12.7. The normalized spacial score (nSPS) is 11.0. The highest BCUT2D eigenvalue weighted by molar-refractivity contribution is 5.94. The molecular weight excluding hydrogens is 266 g/mol. The lowest BCUT2D eigenvalue weighted by Crippen LogP contribution is -1.96. The first kappa shape index (κ1) is 14.2. The van der Waals surface area contributed by atoms with Crippen LogP contribution in [0.2, 0.25) is 0 Å². The Morgan fingerprint density at radius 2 is 1.32 bits per heavy atom. The Morgan fingerprint density at radius 1 is 0.727 bits per heavy atom. The molecule has 3 aromatic carbocycles. The van der Waals surface area contributed by atoms with E-state index >= 15 is 0 Å². The van der Waals surface area contributed by atoms with E-state index in [1.807, 2.05) is 37.3 Å². The van der Waals surface area contributed by atoms with Crippen LogP contribution in [0.1, 0.15) is 12.5 Å². The molecule has 0 saturated carbocycles. The Balaban J connectivity index is 2.29. The lowest BCUT2D eigenvalue weighted by molar-refractivity contribution is 1.55. The highest BCUT2D eigenvalue weighted by Gasteiger charge is 2.12. The zero-order chi connectivity index (χ0) is 15.4. The molecular formula is C21H19N. The van der Waals surface area contributed by atoms with Gasteiger partial charge in [0.1, 0.15) is 0 Å². The van der Waals surface area contributed by atoms with Crippen molar-refractivity contribution >= 4 is 11.8 Å². The second kappa shape index (κ2) is 6.31. The first-order valence-corrected chi connectivity index (χ1v) is 7.47. The molecule has 0 fully saturated rings. The van der Waals surface area contributed by atoms with Crippen LogP contribution >= 0.6 is 0 Å². The molecule has 3 aromatic rings. The van der Waals surface area contributed by atoms with Crippen molar-refractivity contribution in [3.63, 3.8) is 0 Å². The minimum Gasteiger partial charge on any atom is -0.398 e. The van der Waals surface area contributed by atoms with Gasteiger partial charge in [0.2, 0.25) is 0 Å². The third-order valence-corrected chi connectivity index (χ3v) is 3.77. The van der Waals surface area contributed by atoms with Crippen molar-refractivity contribution in [2.24, 2.45) is 0 Å². The Kier molecular flexibility index (Phi) is 4.06. The number of nitrogen functional groups attached to an aromatic ring is 1. The summed E-state index contributed by atoms with van der Waals surface area (Å²) in [6, 6.07) is 25.0. The molecule has 0 spiro atoms. The molecule has 0 radical (unpaired) electrons. The molecule has 22 heavy (non-hydrogen) atoms. The van der Waals surface area contributed by atoms with Gasteiger partial charge in [0, 0.05) is 11.3 Å². The van der Waals surface area contributed by atoms with Crippen LogP contribution in [0.3, 0.4) is 0 Å². The summed E-state index contributed by atoms with van der Waals surface area (Å²) in [4.78, 5) is 0. The lowest BCUT2D eigenvalue weighted by atomic mass is 9.91. The van der Waals surface area contributed by atoms with Gasteiger partial charge in [-0.2, -0.15) is 0 Å². The Hall–Kier alpha value is -2.80. The highest BCUT2D eigenvalue weighted by Crippen LogP contribution is 2.38. The maximum Gasteiger partial charge on any atom is 0.0473 e. The van der Waals surface area contributed by atoms with Crippen molar-refractivity contribution in [2.75, 3.05) is 5.73 Å². The van der Waals surface area contributed by atoms with E-state index in [4.69, 9.17) is 5.73 Å². The average Bonchev–Trinajstić information content (AvgIpc) is 2.58. The minimum atomic E-state index is 0.825. The first-order chi connectivity index (χ1) is 10.8. The van der Waals surface area contributed by atoms with Gasteiger partial charge in [-0.3, -0.25) is 0 Å². The van der Waals surface area contributed by atoms with Crippen molar-refractivity contribution in [3.05, 3.63) is 84.4 Å². The van der Waals surface area contributed by atoms with Gasteiger partial charge in [0.05, 0.1) is 0 Å². The fraction of sp³-hybridized carbons (Fsp3) is 0.0476. The third-order valence-electron chi connectivity index (χ3n) is 3.77. The van der Waals surface area contributed by atoms with E-state index in [1.165, 1.54) is 5.56 Å². The summed E-state index contributed by atoms with van der Waals surface area (Å²) in [6.07, 6.45) is 4.07. The minimum absolute atomic E-state index is 0.825. The number of benzene rings is 3. The fourth-order valence-electron chi connectivity index (χ4n) is 2.73. The van der Waals surface area contributed by atoms with Crippen molar-refractivity contribution in [1.82, 2.24) is 0 Å². The zero-order valence-corrected chi connectivity index (χ0v) is 12.7. The Morgan fingerprint density at radius 3 is 1.91 bits per heavy atom. The van der Waals surface area contributed by atoms with Gasteiger partial charge in [-0.25, -0.2) is 0 Å². The summed E-state index contributed by atoms with van der Waals surface area (Å²) in [5.41, 5.74) is 13.0. The number of allylic oxidation sites excluding steroid dienone is 1. The maximum atomic E-state index is 6.49. The maximum absolute atomic E-state index is 6.49. The summed E-state index contributed by atoms with van der Waals surface area (Å²) >= 11 is 0. The first-order valence-electron chi connectivity index (χ1n) is 7.47. The van der Waals surface area contributed by atoms with E-state index in [0.717, 1.165) is 27.9 Å². The van der Waals surface area contributed by atoms with Gasteiger partial charge in [-0.15, -0.1) is 0 Å². The standard InChI is InChI=1S/C21H19N/c1-2-9-18-14-15-19(16-10-5-3-6-11-16)20(21(18)22)17-12-7-4-8-13-17/h2-15H,22H2,1H3/b9-2+.